The molecule has 0 saturated carbocycles. The highest BCUT2D eigenvalue weighted by atomic mass is 35.5. The van der Waals surface area contributed by atoms with Gasteiger partial charge >= 0.3 is 0 Å². The number of hydrogen-bond acceptors (Lipinski definition) is 4. The molecule has 0 radical (unpaired) electrons. The van der Waals surface area contributed by atoms with Gasteiger partial charge in [-0.25, -0.2) is 8.42 Å². The Morgan fingerprint density at radius 1 is 1.13 bits per heavy atom. The maximum absolute atomic E-state index is 12.8. The molecule has 0 N–H and O–H groups in total. The number of rotatable bonds is 6. The molecule has 0 atom stereocenters. The summed E-state index contributed by atoms with van der Waals surface area (Å²) < 4.78 is 27.5. The van der Waals surface area contributed by atoms with Crippen LogP contribution in [0.15, 0.2) is 35.2 Å². The topological polar surface area (TPSA) is 40.6 Å². The molecular weight excluding hydrogens is 375 g/mol. The maximum atomic E-state index is 12.8. The average molecular weight is 393 g/mol. The summed E-state index contributed by atoms with van der Waals surface area (Å²) in [5.41, 5.74) is 1.98. The molecule has 0 aliphatic rings. The van der Waals surface area contributed by atoms with Crippen molar-refractivity contribution in [3.63, 3.8) is 0 Å². The molecule has 0 aliphatic carbocycles. The van der Waals surface area contributed by atoms with Crippen LogP contribution in [-0.4, -0.2) is 33.4 Å². The van der Waals surface area contributed by atoms with Gasteiger partial charge in [-0.3, -0.25) is 0 Å². The van der Waals surface area contributed by atoms with E-state index in [1.165, 1.54) is 10.4 Å². The maximum Gasteiger partial charge on any atom is 0.245 e. The van der Waals surface area contributed by atoms with Gasteiger partial charge in [0, 0.05) is 32.9 Å². The quantitative estimate of drug-likeness (QED) is 0.734. The average Bonchev–Trinajstić information content (AvgIpc) is 2.84. The van der Waals surface area contributed by atoms with E-state index >= 15 is 0 Å². The second kappa shape index (κ2) is 7.40. The molecule has 126 valence electrons. The van der Waals surface area contributed by atoms with Crippen LogP contribution in [-0.2, 0) is 16.6 Å². The van der Waals surface area contributed by atoms with Crippen LogP contribution >= 0.6 is 34.5 Å². The van der Waals surface area contributed by atoms with Crippen molar-refractivity contribution in [3.8, 4) is 0 Å². The number of anilines is 1. The third kappa shape index (κ3) is 4.19. The molecule has 2 rings (SSSR count). The smallest absolute Gasteiger partial charge is 0.245 e. The molecule has 0 amide bonds. The predicted octanol–water partition coefficient (Wildman–Crippen LogP) is 4.33. The minimum atomic E-state index is -3.67. The highest BCUT2D eigenvalue weighted by molar-refractivity contribution is 7.89. The van der Waals surface area contributed by atoms with Gasteiger partial charge in [-0.15, -0.1) is 11.3 Å². The van der Waals surface area contributed by atoms with Gasteiger partial charge in [0.2, 0.25) is 10.0 Å². The Hall–Kier alpha value is -0.790. The second-order valence-electron chi connectivity index (χ2n) is 5.18. The minimum Gasteiger partial charge on any atom is -0.378 e. The first-order chi connectivity index (χ1) is 10.8. The molecule has 0 unspecified atom stereocenters. The van der Waals surface area contributed by atoms with Gasteiger partial charge in [0.15, 0.2) is 0 Å². The van der Waals surface area contributed by atoms with Crippen molar-refractivity contribution in [3.05, 3.63) is 44.6 Å². The van der Waals surface area contributed by atoms with E-state index in [4.69, 9.17) is 23.2 Å². The first-order valence-corrected chi connectivity index (χ1v) is 9.98. The summed E-state index contributed by atoms with van der Waals surface area (Å²) in [7, 11) is 0.248. The summed E-state index contributed by atoms with van der Waals surface area (Å²) in [5, 5.41) is 0. The summed E-state index contributed by atoms with van der Waals surface area (Å²) in [5.74, 6) is 0. The summed E-state index contributed by atoms with van der Waals surface area (Å²) in [6.45, 7) is 2.44. The molecule has 23 heavy (non-hydrogen) atoms. The van der Waals surface area contributed by atoms with Gasteiger partial charge < -0.3 is 4.90 Å². The molecule has 1 aromatic heterocycles. The molecule has 0 bridgehead atoms. The standard InChI is InChI=1S/C15H18Cl2N2O2S2/c1-4-19(10-11-5-7-12(8-6-11)18(2)3)23(20,21)13-9-14(16)22-15(13)17/h5-9H,4,10H2,1-3H3. The highest BCUT2D eigenvalue weighted by Gasteiger charge is 2.27. The second-order valence-corrected chi connectivity index (χ2v) is 9.37. The van der Waals surface area contributed by atoms with Crippen molar-refractivity contribution >= 4 is 50.2 Å². The molecule has 8 heteroatoms. The highest BCUT2D eigenvalue weighted by Crippen LogP contribution is 2.36. The minimum absolute atomic E-state index is 0.0703. The summed E-state index contributed by atoms with van der Waals surface area (Å²) in [4.78, 5) is 2.06. The fraction of sp³-hybridized carbons (Fsp3) is 0.333. The van der Waals surface area contributed by atoms with Crippen LogP contribution in [0, 0.1) is 0 Å². The lowest BCUT2D eigenvalue weighted by Gasteiger charge is -2.21. The van der Waals surface area contributed by atoms with Gasteiger partial charge in [0.25, 0.3) is 0 Å². The van der Waals surface area contributed by atoms with Crippen LogP contribution < -0.4 is 4.90 Å². The Balaban J connectivity index is 2.27. The van der Waals surface area contributed by atoms with Crippen molar-refractivity contribution in [2.45, 2.75) is 18.4 Å². The Morgan fingerprint density at radius 3 is 2.17 bits per heavy atom. The SMILES string of the molecule is CCN(Cc1ccc(N(C)C)cc1)S(=O)(=O)c1cc(Cl)sc1Cl. The monoisotopic (exact) mass is 392 g/mol. The van der Waals surface area contributed by atoms with Crippen LogP contribution in [0.3, 0.4) is 0 Å². The van der Waals surface area contributed by atoms with Crippen molar-refractivity contribution < 1.29 is 8.42 Å². The third-order valence-electron chi connectivity index (χ3n) is 3.41. The lowest BCUT2D eigenvalue weighted by Crippen LogP contribution is -2.30. The molecule has 0 saturated heterocycles. The van der Waals surface area contributed by atoms with Crippen LogP contribution in [0.5, 0.6) is 0 Å². The normalized spacial score (nSPS) is 11.9. The van der Waals surface area contributed by atoms with Gasteiger partial charge in [0.1, 0.15) is 9.23 Å². The van der Waals surface area contributed by atoms with Crippen LogP contribution in [0.25, 0.3) is 0 Å². The Kier molecular flexibility index (Phi) is 5.97. The summed E-state index contributed by atoms with van der Waals surface area (Å²) in [6.07, 6.45) is 0. The van der Waals surface area contributed by atoms with Crippen molar-refractivity contribution in [2.24, 2.45) is 0 Å². The number of hydrogen-bond donors (Lipinski definition) is 0. The molecule has 4 nitrogen and oxygen atoms in total. The van der Waals surface area contributed by atoms with Gasteiger partial charge in [-0.2, -0.15) is 4.31 Å². The van der Waals surface area contributed by atoms with E-state index < -0.39 is 10.0 Å². The van der Waals surface area contributed by atoms with E-state index in [0.29, 0.717) is 10.9 Å². The first-order valence-electron chi connectivity index (χ1n) is 6.97. The number of nitrogens with zero attached hydrogens (tertiary/aromatic N) is 2. The third-order valence-corrected chi connectivity index (χ3v) is 7.08. The zero-order valence-corrected chi connectivity index (χ0v) is 16.2. The molecule has 1 heterocycles. The van der Waals surface area contributed by atoms with E-state index in [9.17, 15) is 8.42 Å². The van der Waals surface area contributed by atoms with Crippen LogP contribution in [0.4, 0.5) is 5.69 Å². The lowest BCUT2D eigenvalue weighted by atomic mass is 10.2. The van der Waals surface area contributed by atoms with Gasteiger partial charge in [-0.1, -0.05) is 42.3 Å². The molecule has 1 aromatic carbocycles. The van der Waals surface area contributed by atoms with E-state index in [1.807, 2.05) is 43.3 Å². The predicted molar refractivity (Wildman–Crippen MR) is 98.4 cm³/mol. The van der Waals surface area contributed by atoms with E-state index in [1.54, 1.807) is 6.92 Å². The zero-order valence-electron chi connectivity index (χ0n) is 13.1. The lowest BCUT2D eigenvalue weighted by molar-refractivity contribution is 0.423. The van der Waals surface area contributed by atoms with Crippen LogP contribution in [0.1, 0.15) is 12.5 Å². The Morgan fingerprint density at radius 2 is 1.74 bits per heavy atom. The fourth-order valence-corrected chi connectivity index (χ4v) is 5.66. The number of benzene rings is 1. The molecule has 0 aliphatic heterocycles. The van der Waals surface area contributed by atoms with E-state index in [2.05, 4.69) is 0 Å². The van der Waals surface area contributed by atoms with Crippen molar-refractivity contribution in [2.75, 3.05) is 25.5 Å². The van der Waals surface area contributed by atoms with Gasteiger partial charge in [0.05, 0.1) is 4.34 Å². The van der Waals surface area contributed by atoms with Crippen molar-refractivity contribution in [1.29, 1.82) is 0 Å². The first kappa shape index (κ1) is 18.5. The summed E-state index contributed by atoms with van der Waals surface area (Å²) in [6, 6.07) is 9.18. The Labute approximate surface area is 151 Å². The molecule has 0 fully saturated rings. The molecule has 0 spiro atoms. The number of halogens is 2. The molecular formula is C15H18Cl2N2O2S2. The Bertz CT molecular complexity index is 771. The largest absolute Gasteiger partial charge is 0.378 e. The fourth-order valence-electron chi connectivity index (χ4n) is 2.11. The number of thiophene rings is 1. The summed E-state index contributed by atoms with van der Waals surface area (Å²) >= 11 is 12.9. The van der Waals surface area contributed by atoms with Gasteiger partial charge in [-0.05, 0) is 23.8 Å². The zero-order chi connectivity index (χ0) is 17.2. The molecule has 2 aromatic rings. The van der Waals surface area contributed by atoms with E-state index in [0.717, 1.165) is 22.6 Å². The van der Waals surface area contributed by atoms with E-state index in [-0.39, 0.29) is 15.8 Å². The van der Waals surface area contributed by atoms with Crippen molar-refractivity contribution in [1.82, 2.24) is 4.31 Å². The van der Waals surface area contributed by atoms with Crippen LogP contribution in [0.2, 0.25) is 8.67 Å². The number of sulfonamides is 1.